The van der Waals surface area contributed by atoms with Crippen molar-refractivity contribution in [2.45, 2.75) is 6.92 Å². The zero-order chi connectivity index (χ0) is 18.5. The van der Waals surface area contributed by atoms with Gasteiger partial charge >= 0.3 is 0 Å². The lowest BCUT2D eigenvalue weighted by atomic mass is 10.1. The summed E-state index contributed by atoms with van der Waals surface area (Å²) in [5, 5.41) is 21.5. The number of rotatable bonds is 5. The normalized spacial score (nSPS) is 10.8. The SMILES string of the molecule is Cc1ccc(-c2cc(C(=O)N/N=C\c3ccccc3[N+](=O)[O-])[nH]n2)cc1. The second kappa shape index (κ2) is 7.39. The molecule has 8 nitrogen and oxygen atoms in total. The third kappa shape index (κ3) is 3.81. The third-order valence-corrected chi connectivity index (χ3v) is 3.67. The van der Waals surface area contributed by atoms with Crippen LogP contribution in [0.5, 0.6) is 0 Å². The van der Waals surface area contributed by atoms with Gasteiger partial charge in [0.15, 0.2) is 0 Å². The number of benzene rings is 2. The zero-order valence-electron chi connectivity index (χ0n) is 13.8. The third-order valence-electron chi connectivity index (χ3n) is 3.67. The first-order valence-electron chi connectivity index (χ1n) is 7.74. The number of aryl methyl sites for hydroxylation is 1. The van der Waals surface area contributed by atoms with Crippen molar-refractivity contribution < 1.29 is 9.72 Å². The number of nitro benzene ring substituents is 1. The van der Waals surface area contributed by atoms with Crippen LogP contribution in [-0.4, -0.2) is 27.2 Å². The fourth-order valence-corrected chi connectivity index (χ4v) is 2.29. The Labute approximate surface area is 148 Å². The number of hydrazone groups is 1. The van der Waals surface area contributed by atoms with E-state index < -0.39 is 10.8 Å². The fourth-order valence-electron chi connectivity index (χ4n) is 2.29. The van der Waals surface area contributed by atoms with Crippen LogP contribution in [0.2, 0.25) is 0 Å². The van der Waals surface area contributed by atoms with Crippen molar-refractivity contribution in [3.63, 3.8) is 0 Å². The van der Waals surface area contributed by atoms with Crippen LogP contribution in [0.4, 0.5) is 5.69 Å². The molecule has 1 heterocycles. The van der Waals surface area contributed by atoms with Crippen molar-refractivity contribution in [1.82, 2.24) is 15.6 Å². The molecule has 0 aliphatic carbocycles. The van der Waals surface area contributed by atoms with Gasteiger partial charge in [0, 0.05) is 11.6 Å². The molecule has 0 aliphatic rings. The molecule has 0 bridgehead atoms. The Morgan fingerprint density at radius 2 is 1.96 bits per heavy atom. The van der Waals surface area contributed by atoms with Crippen molar-refractivity contribution in [2.75, 3.05) is 0 Å². The molecular weight excluding hydrogens is 334 g/mol. The van der Waals surface area contributed by atoms with E-state index >= 15 is 0 Å². The number of aromatic nitrogens is 2. The van der Waals surface area contributed by atoms with Crippen LogP contribution >= 0.6 is 0 Å². The van der Waals surface area contributed by atoms with E-state index in [0.29, 0.717) is 11.3 Å². The van der Waals surface area contributed by atoms with Crippen LogP contribution in [-0.2, 0) is 0 Å². The molecule has 0 radical (unpaired) electrons. The maximum Gasteiger partial charge on any atom is 0.289 e. The van der Waals surface area contributed by atoms with Gasteiger partial charge in [-0.05, 0) is 19.1 Å². The van der Waals surface area contributed by atoms with Gasteiger partial charge in [0.1, 0.15) is 5.69 Å². The quantitative estimate of drug-likeness (QED) is 0.418. The standard InChI is InChI=1S/C18H15N5O3/c1-12-6-8-13(9-7-12)15-10-16(21-20-15)18(24)22-19-11-14-4-2-3-5-17(14)23(25)26/h2-11H,1H3,(H,20,21)(H,22,24)/b19-11-. The van der Waals surface area contributed by atoms with Crippen LogP contribution in [0.25, 0.3) is 11.3 Å². The number of aromatic amines is 1. The van der Waals surface area contributed by atoms with Crippen molar-refractivity contribution in [3.05, 3.63) is 81.5 Å². The van der Waals surface area contributed by atoms with Gasteiger partial charge < -0.3 is 0 Å². The first-order valence-corrected chi connectivity index (χ1v) is 7.74. The summed E-state index contributed by atoms with van der Waals surface area (Å²) < 4.78 is 0. The molecule has 2 aromatic carbocycles. The number of amides is 1. The second-order valence-electron chi connectivity index (χ2n) is 5.55. The number of nitrogens with one attached hydrogen (secondary N) is 2. The van der Waals surface area contributed by atoms with E-state index in [1.54, 1.807) is 24.3 Å². The van der Waals surface area contributed by atoms with Gasteiger partial charge in [-0.3, -0.25) is 20.0 Å². The number of carbonyl (C=O) groups excluding carboxylic acids is 1. The molecule has 1 aromatic heterocycles. The van der Waals surface area contributed by atoms with E-state index in [9.17, 15) is 14.9 Å². The van der Waals surface area contributed by atoms with Gasteiger partial charge in [0.25, 0.3) is 11.6 Å². The highest BCUT2D eigenvalue weighted by Crippen LogP contribution is 2.18. The molecule has 1 amide bonds. The number of hydrogen-bond acceptors (Lipinski definition) is 5. The average molecular weight is 349 g/mol. The van der Waals surface area contributed by atoms with Gasteiger partial charge in [-0.15, -0.1) is 0 Å². The summed E-state index contributed by atoms with van der Waals surface area (Å²) >= 11 is 0. The van der Waals surface area contributed by atoms with Crippen molar-refractivity contribution in [2.24, 2.45) is 5.10 Å². The number of nitrogens with zero attached hydrogens (tertiary/aromatic N) is 3. The van der Waals surface area contributed by atoms with Crippen molar-refractivity contribution >= 4 is 17.8 Å². The van der Waals surface area contributed by atoms with Gasteiger partial charge in [-0.25, -0.2) is 5.43 Å². The predicted molar refractivity (Wildman–Crippen MR) is 96.9 cm³/mol. The zero-order valence-corrected chi connectivity index (χ0v) is 13.8. The van der Waals surface area contributed by atoms with E-state index in [1.165, 1.54) is 12.3 Å². The molecule has 0 saturated heterocycles. The lowest BCUT2D eigenvalue weighted by molar-refractivity contribution is -0.385. The molecule has 3 rings (SSSR count). The molecule has 8 heteroatoms. The summed E-state index contributed by atoms with van der Waals surface area (Å²) in [4.78, 5) is 22.6. The maximum atomic E-state index is 12.1. The van der Waals surface area contributed by atoms with Crippen LogP contribution in [0, 0.1) is 17.0 Å². The summed E-state index contributed by atoms with van der Waals surface area (Å²) in [6.07, 6.45) is 1.23. The summed E-state index contributed by atoms with van der Waals surface area (Å²) in [6, 6.07) is 15.5. The molecule has 3 aromatic rings. The van der Waals surface area contributed by atoms with Gasteiger partial charge in [-0.2, -0.15) is 10.2 Å². The van der Waals surface area contributed by atoms with Crippen LogP contribution in [0.3, 0.4) is 0 Å². The molecular formula is C18H15N5O3. The smallest absolute Gasteiger partial charge is 0.272 e. The molecule has 0 saturated carbocycles. The molecule has 0 aliphatic heterocycles. The first kappa shape index (κ1) is 17.0. The minimum atomic E-state index is -0.508. The molecule has 130 valence electrons. The number of H-pyrrole nitrogens is 1. The van der Waals surface area contributed by atoms with Gasteiger partial charge in [-0.1, -0.05) is 42.0 Å². The van der Waals surface area contributed by atoms with Gasteiger partial charge in [0.05, 0.1) is 22.4 Å². The van der Waals surface area contributed by atoms with Crippen LogP contribution in [0.1, 0.15) is 21.6 Å². The Morgan fingerprint density at radius 3 is 2.69 bits per heavy atom. The molecule has 26 heavy (non-hydrogen) atoms. The number of carbonyl (C=O) groups is 1. The molecule has 0 fully saturated rings. The maximum absolute atomic E-state index is 12.1. The Morgan fingerprint density at radius 1 is 1.23 bits per heavy atom. The Bertz CT molecular complexity index is 977. The van der Waals surface area contributed by atoms with Crippen LogP contribution in [0.15, 0.2) is 59.7 Å². The second-order valence-corrected chi connectivity index (χ2v) is 5.55. The Kier molecular flexibility index (Phi) is 4.84. The lowest BCUT2D eigenvalue weighted by Gasteiger charge is -1.97. The van der Waals surface area contributed by atoms with E-state index in [4.69, 9.17) is 0 Å². The first-order chi connectivity index (χ1) is 12.5. The highest BCUT2D eigenvalue weighted by molar-refractivity contribution is 5.94. The van der Waals surface area contributed by atoms with Crippen molar-refractivity contribution in [3.8, 4) is 11.3 Å². The minimum Gasteiger partial charge on any atom is -0.272 e. The monoisotopic (exact) mass is 349 g/mol. The molecule has 0 atom stereocenters. The van der Waals surface area contributed by atoms with E-state index in [2.05, 4.69) is 20.7 Å². The van der Waals surface area contributed by atoms with E-state index in [1.807, 2.05) is 31.2 Å². The predicted octanol–water partition coefficient (Wildman–Crippen LogP) is 3.06. The van der Waals surface area contributed by atoms with Gasteiger partial charge in [0.2, 0.25) is 0 Å². The largest absolute Gasteiger partial charge is 0.289 e. The van der Waals surface area contributed by atoms with Crippen LogP contribution < -0.4 is 5.43 Å². The number of nitro groups is 1. The summed E-state index contributed by atoms with van der Waals surface area (Å²) in [6.45, 7) is 1.99. The Balaban J connectivity index is 1.70. The van der Waals surface area contributed by atoms with E-state index in [-0.39, 0.29) is 11.4 Å². The minimum absolute atomic E-state index is 0.0892. The number of hydrogen-bond donors (Lipinski definition) is 2. The highest BCUT2D eigenvalue weighted by Gasteiger charge is 2.12. The topological polar surface area (TPSA) is 113 Å². The Hall–Kier alpha value is -3.81. The molecule has 0 spiro atoms. The summed E-state index contributed by atoms with van der Waals surface area (Å²) in [7, 11) is 0. The van der Waals surface area contributed by atoms with E-state index in [0.717, 1.165) is 11.1 Å². The highest BCUT2D eigenvalue weighted by atomic mass is 16.6. The number of para-hydroxylation sites is 1. The summed E-state index contributed by atoms with van der Waals surface area (Å²) in [5.41, 5.74) is 5.42. The molecule has 0 unspecified atom stereocenters. The fraction of sp³-hybridized carbons (Fsp3) is 0.0556. The summed E-state index contributed by atoms with van der Waals surface area (Å²) in [5.74, 6) is -0.495. The average Bonchev–Trinajstić information content (AvgIpc) is 3.13. The lowest BCUT2D eigenvalue weighted by Crippen LogP contribution is -2.18. The molecule has 2 N–H and O–H groups in total. The van der Waals surface area contributed by atoms with Crippen molar-refractivity contribution in [1.29, 1.82) is 0 Å².